The fourth-order valence-electron chi connectivity index (χ4n) is 1.77. The molecule has 0 heterocycles. The van der Waals surface area contributed by atoms with Gasteiger partial charge in [0.25, 0.3) is 10.0 Å². The van der Waals surface area contributed by atoms with Crippen LogP contribution in [0.2, 0.25) is 0 Å². The van der Waals surface area contributed by atoms with Crippen LogP contribution in [0.25, 0.3) is 0 Å². The molecule has 0 unspecified atom stereocenters. The zero-order valence-corrected chi connectivity index (χ0v) is 14.5. The predicted molar refractivity (Wildman–Crippen MR) is 88.3 cm³/mol. The molecule has 0 amide bonds. The lowest BCUT2D eigenvalue weighted by molar-refractivity contribution is 0.594. The van der Waals surface area contributed by atoms with Gasteiger partial charge in [-0.15, -0.1) is 0 Å². The van der Waals surface area contributed by atoms with E-state index in [-0.39, 0.29) is 10.6 Å². The Morgan fingerprint density at radius 2 is 1.70 bits per heavy atom. The van der Waals surface area contributed by atoms with E-state index in [1.165, 1.54) is 11.4 Å². The second-order valence-electron chi connectivity index (χ2n) is 4.11. The maximum absolute atomic E-state index is 12.7. The summed E-state index contributed by atoms with van der Waals surface area (Å²) in [5.41, 5.74) is 6.62. The van der Waals surface area contributed by atoms with E-state index in [9.17, 15) is 8.42 Å². The van der Waals surface area contributed by atoms with Gasteiger partial charge in [-0.1, -0.05) is 34.1 Å². The molecule has 4 nitrogen and oxygen atoms in total. The first-order valence-corrected chi connectivity index (χ1v) is 8.65. The summed E-state index contributed by atoms with van der Waals surface area (Å²) in [7, 11) is -2.23. The smallest absolute Gasteiger partial charge is 0.267 e. The highest BCUT2D eigenvalue weighted by molar-refractivity contribution is 9.11. The van der Waals surface area contributed by atoms with Crippen LogP contribution < -0.4 is 10.0 Å². The molecule has 106 valence electrons. The number of nitrogen functional groups attached to an aromatic ring is 1. The Morgan fingerprint density at radius 3 is 2.25 bits per heavy atom. The number of anilines is 2. The monoisotopic (exact) mass is 418 g/mol. The minimum Gasteiger partial charge on any atom is -0.398 e. The number of para-hydroxylation sites is 1. The van der Waals surface area contributed by atoms with Crippen LogP contribution in [-0.2, 0) is 10.0 Å². The third-order valence-corrected chi connectivity index (χ3v) is 6.02. The molecule has 0 aliphatic rings. The summed E-state index contributed by atoms with van der Waals surface area (Å²) in [6.45, 7) is 0. The quantitative estimate of drug-likeness (QED) is 0.772. The average Bonchev–Trinajstić information content (AvgIpc) is 2.37. The maximum Gasteiger partial charge on any atom is 0.267 e. The van der Waals surface area contributed by atoms with Gasteiger partial charge in [-0.2, -0.15) is 0 Å². The van der Waals surface area contributed by atoms with E-state index in [2.05, 4.69) is 31.9 Å². The van der Waals surface area contributed by atoms with Gasteiger partial charge in [-0.25, -0.2) is 8.42 Å². The van der Waals surface area contributed by atoms with Crippen LogP contribution in [0.1, 0.15) is 0 Å². The van der Waals surface area contributed by atoms with Crippen LogP contribution in [0.15, 0.2) is 56.3 Å². The van der Waals surface area contributed by atoms with Gasteiger partial charge in [0.2, 0.25) is 0 Å². The molecule has 2 aromatic carbocycles. The molecule has 0 saturated carbocycles. The maximum atomic E-state index is 12.7. The molecule has 0 aromatic heterocycles. The van der Waals surface area contributed by atoms with Gasteiger partial charge in [0.1, 0.15) is 4.90 Å². The average molecular weight is 420 g/mol. The summed E-state index contributed by atoms with van der Waals surface area (Å²) in [6, 6.07) is 12.1. The first-order valence-electron chi connectivity index (χ1n) is 5.62. The lowest BCUT2D eigenvalue weighted by Crippen LogP contribution is -2.27. The van der Waals surface area contributed by atoms with Crippen molar-refractivity contribution in [3.63, 3.8) is 0 Å². The topological polar surface area (TPSA) is 63.4 Å². The molecule has 0 fully saturated rings. The zero-order valence-electron chi connectivity index (χ0n) is 10.5. The van der Waals surface area contributed by atoms with Crippen molar-refractivity contribution in [2.24, 2.45) is 0 Å². The lowest BCUT2D eigenvalue weighted by atomic mass is 10.3. The molecular formula is C13H12Br2N2O2S. The van der Waals surface area contributed by atoms with Gasteiger partial charge < -0.3 is 5.73 Å². The normalized spacial score (nSPS) is 11.3. The van der Waals surface area contributed by atoms with Gasteiger partial charge in [0.05, 0.1) is 11.4 Å². The lowest BCUT2D eigenvalue weighted by Gasteiger charge is -2.21. The summed E-state index contributed by atoms with van der Waals surface area (Å²) in [5, 5.41) is 0. The van der Waals surface area contributed by atoms with Crippen molar-refractivity contribution in [2.75, 3.05) is 17.1 Å². The molecule has 2 N–H and O–H groups in total. The standard InChI is InChI=1S/C13H12Br2N2O2S/c1-17(10-5-3-2-4-6-10)20(18,19)13-11(15)7-9(14)8-12(13)16/h2-8H,16H2,1H3. The van der Waals surface area contributed by atoms with Gasteiger partial charge in [0.15, 0.2) is 0 Å². The number of rotatable bonds is 3. The first kappa shape index (κ1) is 15.3. The van der Waals surface area contributed by atoms with Crippen molar-refractivity contribution in [3.8, 4) is 0 Å². The van der Waals surface area contributed by atoms with E-state index in [4.69, 9.17) is 5.73 Å². The van der Waals surface area contributed by atoms with Crippen LogP contribution in [0.5, 0.6) is 0 Å². The van der Waals surface area contributed by atoms with Crippen molar-refractivity contribution in [1.82, 2.24) is 0 Å². The summed E-state index contributed by atoms with van der Waals surface area (Å²) < 4.78 is 27.7. The molecule has 20 heavy (non-hydrogen) atoms. The van der Waals surface area contributed by atoms with Gasteiger partial charge in [-0.05, 0) is 40.2 Å². The van der Waals surface area contributed by atoms with Crippen LogP contribution in [0.3, 0.4) is 0 Å². The van der Waals surface area contributed by atoms with E-state index in [1.54, 1.807) is 36.4 Å². The Bertz CT molecular complexity index is 710. The number of nitrogens with zero attached hydrogens (tertiary/aromatic N) is 1. The molecule has 0 saturated heterocycles. The zero-order chi connectivity index (χ0) is 14.9. The Labute approximate surface area is 134 Å². The van der Waals surface area contributed by atoms with E-state index in [0.717, 1.165) is 0 Å². The molecule has 0 atom stereocenters. The van der Waals surface area contributed by atoms with Crippen molar-refractivity contribution in [1.29, 1.82) is 0 Å². The molecule has 0 radical (unpaired) electrons. The summed E-state index contributed by atoms with van der Waals surface area (Å²) in [5.74, 6) is 0. The number of sulfonamides is 1. The first-order chi connectivity index (χ1) is 9.34. The molecule has 0 aliphatic heterocycles. The highest BCUT2D eigenvalue weighted by Gasteiger charge is 2.26. The molecule has 7 heteroatoms. The highest BCUT2D eigenvalue weighted by atomic mass is 79.9. The summed E-state index contributed by atoms with van der Waals surface area (Å²) in [6.07, 6.45) is 0. The second-order valence-corrected chi connectivity index (χ2v) is 7.79. The number of hydrogen-bond acceptors (Lipinski definition) is 3. The SMILES string of the molecule is CN(c1ccccc1)S(=O)(=O)c1c(N)cc(Br)cc1Br. The number of halogens is 2. The Kier molecular flexibility index (Phi) is 4.41. The van der Waals surface area contributed by atoms with Crippen molar-refractivity contribution < 1.29 is 8.42 Å². The molecule has 0 spiro atoms. The van der Waals surface area contributed by atoms with E-state index in [0.29, 0.717) is 14.6 Å². The van der Waals surface area contributed by atoms with Gasteiger partial charge in [-0.3, -0.25) is 4.31 Å². The number of hydrogen-bond donors (Lipinski definition) is 1. The minimum atomic E-state index is -3.73. The molecular weight excluding hydrogens is 408 g/mol. The van der Waals surface area contributed by atoms with Crippen molar-refractivity contribution in [3.05, 3.63) is 51.4 Å². The third-order valence-electron chi connectivity index (χ3n) is 2.78. The Morgan fingerprint density at radius 1 is 1.10 bits per heavy atom. The van der Waals surface area contributed by atoms with Crippen molar-refractivity contribution in [2.45, 2.75) is 4.90 Å². The molecule has 0 aliphatic carbocycles. The number of benzene rings is 2. The number of nitrogens with two attached hydrogens (primary N) is 1. The molecule has 2 rings (SSSR count). The predicted octanol–water partition coefficient (Wildman–Crippen LogP) is 3.62. The Hall–Kier alpha value is -1.05. The van der Waals surface area contributed by atoms with Crippen molar-refractivity contribution >= 4 is 53.3 Å². The van der Waals surface area contributed by atoms with E-state index < -0.39 is 10.0 Å². The third kappa shape index (κ3) is 2.84. The molecule has 0 bridgehead atoms. The van der Waals surface area contributed by atoms with Crippen LogP contribution in [-0.4, -0.2) is 15.5 Å². The highest BCUT2D eigenvalue weighted by Crippen LogP contribution is 2.34. The fraction of sp³-hybridized carbons (Fsp3) is 0.0769. The second kappa shape index (κ2) is 5.75. The van der Waals surface area contributed by atoms with E-state index in [1.807, 2.05) is 6.07 Å². The van der Waals surface area contributed by atoms with Crippen LogP contribution >= 0.6 is 31.9 Å². The summed E-state index contributed by atoms with van der Waals surface area (Å²) in [4.78, 5) is 0.0621. The van der Waals surface area contributed by atoms with Crippen LogP contribution in [0, 0.1) is 0 Å². The summed E-state index contributed by atoms with van der Waals surface area (Å²) >= 11 is 6.54. The Balaban J connectivity index is 2.57. The van der Waals surface area contributed by atoms with Gasteiger partial charge in [0, 0.05) is 16.0 Å². The largest absolute Gasteiger partial charge is 0.398 e. The van der Waals surface area contributed by atoms with Gasteiger partial charge >= 0.3 is 0 Å². The fourth-order valence-corrected chi connectivity index (χ4v) is 4.97. The molecule has 2 aromatic rings. The van der Waals surface area contributed by atoms with Crippen LogP contribution in [0.4, 0.5) is 11.4 Å². The van der Waals surface area contributed by atoms with E-state index >= 15 is 0 Å². The minimum absolute atomic E-state index is 0.0621.